The first-order chi connectivity index (χ1) is 13.5. The first-order valence-corrected chi connectivity index (χ1v) is 9.58. The molecule has 1 saturated heterocycles. The van der Waals surface area contributed by atoms with Gasteiger partial charge in [0, 0.05) is 12.1 Å². The third-order valence-corrected chi connectivity index (χ3v) is 5.63. The molecule has 3 nitrogen and oxygen atoms in total. The SMILES string of the molecule is O=C(Oc1cc(F)c(F)c(F)c1)c1ccc(C2CCC(CC3CO3)CC2)cc1. The van der Waals surface area contributed by atoms with Gasteiger partial charge in [-0.2, -0.15) is 0 Å². The molecule has 0 N–H and O–H groups in total. The van der Waals surface area contributed by atoms with E-state index in [9.17, 15) is 18.0 Å². The van der Waals surface area contributed by atoms with E-state index in [0.29, 0.717) is 24.2 Å². The van der Waals surface area contributed by atoms with Crippen molar-refractivity contribution >= 4 is 5.97 Å². The summed E-state index contributed by atoms with van der Waals surface area (Å²) in [6.45, 7) is 0.911. The van der Waals surface area contributed by atoms with Crippen LogP contribution >= 0.6 is 0 Å². The number of epoxide rings is 1. The third kappa shape index (κ3) is 4.38. The van der Waals surface area contributed by atoms with Crippen molar-refractivity contribution in [3.8, 4) is 5.75 Å². The second kappa shape index (κ2) is 7.95. The van der Waals surface area contributed by atoms with Crippen LogP contribution in [0.5, 0.6) is 5.75 Å². The molecule has 1 unspecified atom stereocenters. The van der Waals surface area contributed by atoms with Gasteiger partial charge in [-0.05, 0) is 61.6 Å². The summed E-state index contributed by atoms with van der Waals surface area (Å²) in [5.41, 5.74) is 1.45. The predicted octanol–water partition coefficient (Wildman–Crippen LogP) is 5.39. The number of rotatable bonds is 5. The lowest BCUT2D eigenvalue weighted by Crippen LogP contribution is -2.15. The van der Waals surface area contributed by atoms with Gasteiger partial charge in [0.15, 0.2) is 17.5 Å². The van der Waals surface area contributed by atoms with Crippen molar-refractivity contribution in [2.75, 3.05) is 6.61 Å². The van der Waals surface area contributed by atoms with Crippen LogP contribution in [0, 0.1) is 23.4 Å². The normalized spacial score (nSPS) is 24.0. The number of benzene rings is 2. The molecular formula is C22H21F3O3. The number of ether oxygens (including phenoxy) is 2. The lowest BCUT2D eigenvalue weighted by Gasteiger charge is -2.28. The maximum atomic E-state index is 13.2. The van der Waals surface area contributed by atoms with Crippen LogP contribution in [0.2, 0.25) is 0 Å². The highest BCUT2D eigenvalue weighted by atomic mass is 19.2. The van der Waals surface area contributed by atoms with E-state index in [-0.39, 0.29) is 11.3 Å². The van der Waals surface area contributed by atoms with Gasteiger partial charge in [0.2, 0.25) is 0 Å². The Morgan fingerprint density at radius 2 is 1.61 bits per heavy atom. The van der Waals surface area contributed by atoms with E-state index in [2.05, 4.69) is 0 Å². The summed E-state index contributed by atoms with van der Waals surface area (Å²) < 4.78 is 49.7. The Balaban J connectivity index is 1.35. The lowest BCUT2D eigenvalue weighted by molar-refractivity contribution is 0.0733. The van der Waals surface area contributed by atoms with Gasteiger partial charge in [-0.3, -0.25) is 0 Å². The maximum Gasteiger partial charge on any atom is 0.343 e. The molecule has 1 aliphatic carbocycles. The topological polar surface area (TPSA) is 38.8 Å². The highest BCUT2D eigenvalue weighted by Gasteiger charge is 2.30. The zero-order chi connectivity index (χ0) is 19.7. The standard InChI is InChI=1S/C22H21F3O3/c23-19-10-17(11-20(24)21(19)25)28-22(26)16-7-5-15(6-8-16)14-3-1-13(2-4-14)9-18-12-27-18/h5-8,10-11,13-14,18H,1-4,9,12H2. The fourth-order valence-electron chi connectivity index (χ4n) is 3.96. The van der Waals surface area contributed by atoms with Crippen LogP contribution in [0.25, 0.3) is 0 Å². The molecule has 6 heteroatoms. The largest absolute Gasteiger partial charge is 0.423 e. The van der Waals surface area contributed by atoms with Crippen LogP contribution in [0.3, 0.4) is 0 Å². The monoisotopic (exact) mass is 390 g/mol. The average molecular weight is 390 g/mol. The zero-order valence-electron chi connectivity index (χ0n) is 15.3. The minimum atomic E-state index is -1.59. The minimum Gasteiger partial charge on any atom is -0.423 e. The summed E-state index contributed by atoms with van der Waals surface area (Å²) in [4.78, 5) is 12.2. The highest BCUT2D eigenvalue weighted by molar-refractivity contribution is 5.91. The van der Waals surface area contributed by atoms with E-state index in [4.69, 9.17) is 9.47 Å². The van der Waals surface area contributed by atoms with E-state index in [1.165, 1.54) is 24.8 Å². The molecule has 4 rings (SSSR count). The van der Waals surface area contributed by atoms with Crippen molar-refractivity contribution in [2.24, 2.45) is 5.92 Å². The molecule has 2 aromatic carbocycles. The van der Waals surface area contributed by atoms with Crippen LogP contribution in [-0.2, 0) is 4.74 Å². The maximum absolute atomic E-state index is 13.2. The highest BCUT2D eigenvalue weighted by Crippen LogP contribution is 2.39. The van der Waals surface area contributed by atoms with Gasteiger partial charge < -0.3 is 9.47 Å². The molecule has 0 bridgehead atoms. The molecule has 1 saturated carbocycles. The minimum absolute atomic E-state index is 0.272. The summed E-state index contributed by atoms with van der Waals surface area (Å²) in [6, 6.07) is 8.40. The molecule has 0 spiro atoms. The molecule has 1 aliphatic heterocycles. The van der Waals surface area contributed by atoms with Crippen molar-refractivity contribution in [3.05, 3.63) is 65.0 Å². The van der Waals surface area contributed by atoms with Gasteiger partial charge in [0.05, 0.1) is 18.3 Å². The molecule has 2 fully saturated rings. The smallest absolute Gasteiger partial charge is 0.343 e. The first kappa shape index (κ1) is 19.0. The number of carbonyl (C=O) groups is 1. The average Bonchev–Trinajstić information content (AvgIpc) is 3.51. The summed E-state index contributed by atoms with van der Waals surface area (Å²) in [5, 5.41) is 0. The number of esters is 1. The Morgan fingerprint density at radius 1 is 1.00 bits per heavy atom. The van der Waals surface area contributed by atoms with Crippen molar-refractivity contribution in [3.63, 3.8) is 0 Å². The molecule has 1 heterocycles. The molecule has 2 aliphatic rings. The van der Waals surface area contributed by atoms with Crippen molar-refractivity contribution in [1.82, 2.24) is 0 Å². The molecule has 0 radical (unpaired) electrons. The molecular weight excluding hydrogens is 369 g/mol. The Morgan fingerprint density at radius 3 is 2.18 bits per heavy atom. The van der Waals surface area contributed by atoms with Crippen LogP contribution in [0.1, 0.15) is 53.9 Å². The molecule has 28 heavy (non-hydrogen) atoms. The Bertz CT molecular complexity index is 831. The van der Waals surface area contributed by atoms with Gasteiger partial charge >= 0.3 is 5.97 Å². The number of hydrogen-bond donors (Lipinski definition) is 0. The van der Waals surface area contributed by atoms with Gasteiger partial charge in [0.1, 0.15) is 5.75 Å². The zero-order valence-corrected chi connectivity index (χ0v) is 15.3. The third-order valence-electron chi connectivity index (χ3n) is 5.63. The van der Waals surface area contributed by atoms with Gasteiger partial charge in [-0.25, -0.2) is 18.0 Å². The molecule has 0 aromatic heterocycles. The molecule has 2 aromatic rings. The van der Waals surface area contributed by atoms with Gasteiger partial charge in [-0.1, -0.05) is 12.1 Å². The Labute approximate surface area is 161 Å². The van der Waals surface area contributed by atoms with Crippen LogP contribution in [0.4, 0.5) is 13.2 Å². The van der Waals surface area contributed by atoms with E-state index in [0.717, 1.165) is 25.4 Å². The Kier molecular flexibility index (Phi) is 5.40. The van der Waals surface area contributed by atoms with E-state index >= 15 is 0 Å². The van der Waals surface area contributed by atoms with Gasteiger partial charge in [-0.15, -0.1) is 0 Å². The predicted molar refractivity (Wildman–Crippen MR) is 96.8 cm³/mol. The summed E-state index contributed by atoms with van der Waals surface area (Å²) in [7, 11) is 0. The van der Waals surface area contributed by atoms with E-state index in [1.807, 2.05) is 12.1 Å². The van der Waals surface area contributed by atoms with Crippen LogP contribution in [-0.4, -0.2) is 18.7 Å². The molecule has 0 amide bonds. The molecule has 148 valence electrons. The summed E-state index contributed by atoms with van der Waals surface area (Å²) in [6.07, 6.45) is 6.27. The lowest BCUT2D eigenvalue weighted by atomic mass is 9.77. The number of halogens is 3. The Hall–Kier alpha value is -2.34. The van der Waals surface area contributed by atoms with Crippen molar-refractivity contribution in [2.45, 2.75) is 44.1 Å². The van der Waals surface area contributed by atoms with Gasteiger partial charge in [0.25, 0.3) is 0 Å². The van der Waals surface area contributed by atoms with Crippen molar-refractivity contribution in [1.29, 1.82) is 0 Å². The summed E-state index contributed by atoms with van der Waals surface area (Å²) >= 11 is 0. The quantitative estimate of drug-likeness (QED) is 0.298. The van der Waals surface area contributed by atoms with E-state index in [1.54, 1.807) is 12.1 Å². The van der Waals surface area contributed by atoms with Crippen LogP contribution < -0.4 is 4.74 Å². The second-order valence-corrected chi connectivity index (χ2v) is 7.62. The van der Waals surface area contributed by atoms with Crippen LogP contribution in [0.15, 0.2) is 36.4 Å². The summed E-state index contributed by atoms with van der Waals surface area (Å²) in [5.74, 6) is -4.29. The fraction of sp³-hybridized carbons (Fsp3) is 0.409. The number of hydrogen-bond acceptors (Lipinski definition) is 3. The number of carbonyl (C=O) groups excluding carboxylic acids is 1. The first-order valence-electron chi connectivity index (χ1n) is 9.58. The second-order valence-electron chi connectivity index (χ2n) is 7.62. The van der Waals surface area contributed by atoms with E-state index < -0.39 is 23.4 Å². The molecule has 1 atom stereocenters. The fourth-order valence-corrected chi connectivity index (χ4v) is 3.96. The van der Waals surface area contributed by atoms with Crippen molar-refractivity contribution < 1.29 is 27.4 Å².